The molecule has 3 aromatic carbocycles. The molecule has 4 rings (SSSR count). The highest BCUT2D eigenvalue weighted by atomic mass is 32.2. The van der Waals surface area contributed by atoms with Crippen LogP contribution in [0.3, 0.4) is 0 Å². The summed E-state index contributed by atoms with van der Waals surface area (Å²) in [5.74, 6) is -0.371. The van der Waals surface area contributed by atoms with Crippen LogP contribution in [0.1, 0.15) is 11.4 Å². The number of hydrogen-bond donors (Lipinski definition) is 2. The highest BCUT2D eigenvalue weighted by molar-refractivity contribution is 7.99. The lowest BCUT2D eigenvalue weighted by Crippen LogP contribution is -2.18. The lowest BCUT2D eigenvalue weighted by molar-refractivity contribution is -0.137. The summed E-state index contributed by atoms with van der Waals surface area (Å²) < 4.78 is 40.1. The third-order valence-electron chi connectivity index (χ3n) is 5.08. The fourth-order valence-electron chi connectivity index (χ4n) is 3.34. The van der Waals surface area contributed by atoms with Gasteiger partial charge < -0.3 is 15.2 Å². The Morgan fingerprint density at radius 1 is 0.886 bits per heavy atom. The first kappa shape index (κ1) is 24.3. The molecule has 2 N–H and O–H groups in total. The number of aromatic nitrogens is 3. The largest absolute Gasteiger partial charge is 0.416 e. The van der Waals surface area contributed by atoms with Crippen LogP contribution in [0.5, 0.6) is 0 Å². The number of hydrogen-bond acceptors (Lipinski definition) is 5. The molecule has 0 fully saturated rings. The second-order valence-electron chi connectivity index (χ2n) is 7.66. The number of carbonyl (C=O) groups is 2. The summed E-state index contributed by atoms with van der Waals surface area (Å²) in [6.45, 7) is 0. The van der Waals surface area contributed by atoms with E-state index in [0.717, 1.165) is 34.7 Å². The lowest BCUT2D eigenvalue weighted by atomic mass is 10.1. The minimum Gasteiger partial charge on any atom is -0.326 e. The van der Waals surface area contributed by atoms with Crippen LogP contribution in [0.15, 0.2) is 71.9 Å². The number of alkyl halides is 3. The molecule has 0 aliphatic carbocycles. The third-order valence-corrected chi connectivity index (χ3v) is 6.10. The quantitative estimate of drug-likeness (QED) is 0.353. The standard InChI is InChI=1S/C24H20F3N5O2S/c1-32-20(13-21(33)28-18-8-4-7-17(12-18)24(25,26)27)30-31-23(32)35-14-22(34)29-19-10-9-15-5-2-3-6-16(15)11-19/h2-12H,13-14H2,1H3,(H,28,33)(H,29,34). The number of nitrogens with zero attached hydrogens (tertiary/aromatic N) is 3. The Kier molecular flexibility index (Phi) is 7.06. The van der Waals surface area contributed by atoms with Gasteiger partial charge in [0, 0.05) is 18.4 Å². The van der Waals surface area contributed by atoms with Crippen LogP contribution in [0.2, 0.25) is 0 Å². The highest BCUT2D eigenvalue weighted by Gasteiger charge is 2.30. The van der Waals surface area contributed by atoms with Crippen LogP contribution in [0.4, 0.5) is 24.5 Å². The fraction of sp³-hybridized carbons (Fsp3) is 0.167. The van der Waals surface area contributed by atoms with Crippen molar-refractivity contribution in [2.24, 2.45) is 7.05 Å². The maximum absolute atomic E-state index is 12.9. The van der Waals surface area contributed by atoms with E-state index in [9.17, 15) is 22.8 Å². The van der Waals surface area contributed by atoms with Gasteiger partial charge in [0.25, 0.3) is 0 Å². The number of benzene rings is 3. The van der Waals surface area contributed by atoms with Crippen molar-refractivity contribution in [2.45, 2.75) is 17.8 Å². The molecule has 7 nitrogen and oxygen atoms in total. The summed E-state index contributed by atoms with van der Waals surface area (Å²) >= 11 is 1.16. The zero-order valence-corrected chi connectivity index (χ0v) is 19.3. The predicted octanol–water partition coefficient (Wildman–Crippen LogP) is 4.90. The van der Waals surface area contributed by atoms with Crippen molar-refractivity contribution < 1.29 is 22.8 Å². The van der Waals surface area contributed by atoms with Crippen LogP contribution in [-0.4, -0.2) is 32.3 Å². The Labute approximate surface area is 202 Å². The molecule has 180 valence electrons. The Hall–Kier alpha value is -3.86. The minimum atomic E-state index is -4.50. The minimum absolute atomic E-state index is 0.0342. The summed E-state index contributed by atoms with van der Waals surface area (Å²) in [5.41, 5.74) is -0.138. The topological polar surface area (TPSA) is 88.9 Å². The van der Waals surface area contributed by atoms with Crippen LogP contribution >= 0.6 is 11.8 Å². The molecule has 4 aromatic rings. The maximum Gasteiger partial charge on any atom is 0.416 e. The lowest BCUT2D eigenvalue weighted by Gasteiger charge is -2.10. The molecule has 0 saturated heterocycles. The SMILES string of the molecule is Cn1c(CC(=O)Nc2cccc(C(F)(F)F)c2)nnc1SCC(=O)Nc1ccc2ccccc2c1. The van der Waals surface area contributed by atoms with E-state index >= 15 is 0 Å². The normalized spacial score (nSPS) is 11.4. The highest BCUT2D eigenvalue weighted by Crippen LogP contribution is 2.30. The Morgan fingerprint density at radius 3 is 2.37 bits per heavy atom. The number of amides is 2. The smallest absolute Gasteiger partial charge is 0.326 e. The fourth-order valence-corrected chi connectivity index (χ4v) is 4.07. The molecule has 35 heavy (non-hydrogen) atoms. The number of thioether (sulfide) groups is 1. The molecule has 2 amide bonds. The molecule has 0 radical (unpaired) electrons. The van der Waals surface area contributed by atoms with E-state index in [0.29, 0.717) is 16.7 Å². The number of halogens is 3. The van der Waals surface area contributed by atoms with Gasteiger partial charge in [0.05, 0.1) is 17.7 Å². The van der Waals surface area contributed by atoms with Gasteiger partial charge in [-0.25, -0.2) is 0 Å². The first-order chi connectivity index (χ1) is 16.7. The first-order valence-corrected chi connectivity index (χ1v) is 11.4. The third kappa shape index (κ3) is 6.18. The molecule has 0 spiro atoms. The van der Waals surface area contributed by atoms with Crippen molar-refractivity contribution in [2.75, 3.05) is 16.4 Å². The van der Waals surface area contributed by atoms with Gasteiger partial charge in [-0.2, -0.15) is 13.2 Å². The molecule has 0 atom stereocenters. The molecule has 0 aliphatic rings. The number of nitrogens with one attached hydrogen (secondary N) is 2. The first-order valence-electron chi connectivity index (χ1n) is 10.5. The Morgan fingerprint density at radius 2 is 1.60 bits per heavy atom. The van der Waals surface area contributed by atoms with E-state index in [1.165, 1.54) is 12.1 Å². The number of anilines is 2. The molecule has 0 bridgehead atoms. The monoisotopic (exact) mass is 499 g/mol. The molecule has 1 aromatic heterocycles. The van der Waals surface area contributed by atoms with Crippen molar-refractivity contribution in [3.8, 4) is 0 Å². The van der Waals surface area contributed by atoms with Crippen molar-refractivity contribution >= 4 is 45.7 Å². The van der Waals surface area contributed by atoms with Crippen LogP contribution in [0.25, 0.3) is 10.8 Å². The van der Waals surface area contributed by atoms with Crippen molar-refractivity contribution in [3.05, 3.63) is 78.1 Å². The van der Waals surface area contributed by atoms with Crippen molar-refractivity contribution in [1.82, 2.24) is 14.8 Å². The molecular weight excluding hydrogens is 479 g/mol. The van der Waals surface area contributed by atoms with Gasteiger partial charge in [0.15, 0.2) is 5.16 Å². The van der Waals surface area contributed by atoms with Crippen LogP contribution in [0, 0.1) is 0 Å². The van der Waals surface area contributed by atoms with E-state index in [1.807, 2.05) is 42.5 Å². The van der Waals surface area contributed by atoms with Gasteiger partial charge in [-0.1, -0.05) is 48.2 Å². The average molecular weight is 500 g/mol. The van der Waals surface area contributed by atoms with Gasteiger partial charge in [-0.15, -0.1) is 10.2 Å². The maximum atomic E-state index is 12.9. The van der Waals surface area contributed by atoms with Gasteiger partial charge in [-0.3, -0.25) is 9.59 Å². The number of carbonyl (C=O) groups excluding carboxylic acids is 2. The number of rotatable bonds is 7. The van der Waals surface area contributed by atoms with E-state index in [-0.39, 0.29) is 23.8 Å². The molecular formula is C24H20F3N5O2S. The summed E-state index contributed by atoms with van der Waals surface area (Å²) in [5, 5.41) is 15.8. The zero-order valence-electron chi connectivity index (χ0n) is 18.5. The van der Waals surface area contributed by atoms with E-state index in [4.69, 9.17) is 0 Å². The molecule has 1 heterocycles. The Balaban J connectivity index is 1.32. The second kappa shape index (κ2) is 10.2. The zero-order chi connectivity index (χ0) is 25.0. The summed E-state index contributed by atoms with van der Waals surface area (Å²) in [7, 11) is 1.65. The van der Waals surface area contributed by atoms with Crippen molar-refractivity contribution in [1.29, 1.82) is 0 Å². The molecule has 0 unspecified atom stereocenters. The Bertz CT molecular complexity index is 1390. The molecule has 0 aliphatic heterocycles. The average Bonchev–Trinajstić information content (AvgIpc) is 3.16. The van der Waals surface area contributed by atoms with E-state index in [2.05, 4.69) is 20.8 Å². The van der Waals surface area contributed by atoms with Crippen LogP contribution in [-0.2, 0) is 29.2 Å². The summed E-state index contributed by atoms with van der Waals surface area (Å²) in [6, 6.07) is 17.9. The number of fused-ring (bicyclic) bond motifs is 1. The summed E-state index contributed by atoms with van der Waals surface area (Å²) in [6.07, 6.45) is -4.69. The van der Waals surface area contributed by atoms with E-state index < -0.39 is 17.6 Å². The molecule has 0 saturated carbocycles. The van der Waals surface area contributed by atoms with E-state index in [1.54, 1.807) is 11.6 Å². The predicted molar refractivity (Wildman–Crippen MR) is 128 cm³/mol. The second-order valence-corrected chi connectivity index (χ2v) is 8.60. The van der Waals surface area contributed by atoms with Gasteiger partial charge in [-0.05, 0) is 41.1 Å². The molecule has 11 heteroatoms. The van der Waals surface area contributed by atoms with Crippen LogP contribution < -0.4 is 10.6 Å². The van der Waals surface area contributed by atoms with Gasteiger partial charge in [0.2, 0.25) is 11.8 Å². The van der Waals surface area contributed by atoms with Gasteiger partial charge in [0.1, 0.15) is 5.82 Å². The summed E-state index contributed by atoms with van der Waals surface area (Å²) in [4.78, 5) is 24.7. The van der Waals surface area contributed by atoms with Gasteiger partial charge >= 0.3 is 6.18 Å². The van der Waals surface area contributed by atoms with Crippen molar-refractivity contribution in [3.63, 3.8) is 0 Å².